The summed E-state index contributed by atoms with van der Waals surface area (Å²) in [4.78, 5) is 115. The van der Waals surface area contributed by atoms with Crippen LogP contribution in [0.15, 0.2) is 18.2 Å². The standard InChI is InChI=1S/C44H55N5O18.C4H10/c1-18(2)12-24(49-42(63)19(3)47-30(55)16-46-29(54)10-11-45-28(53)8-9-31(56)57)43(64)48-23-13-32(66-20(4)37(23)58)67-26-15-44(65,27(52)17-50)14-22-34(26)41(62)36-35(39(22)60)38(59)21-6-5-7-25(51)33(21)40(36)61;1-4(2)3/h5-7,18-20,23-24,26,32,37,50-51,58,60,62,65H,8-17H2,1-4H3,(H,45,53)(H,46,54)(H,47,55)(H,48,64)(H,49,63)(H,56,57);4H,1-3H3. The van der Waals surface area contributed by atoms with E-state index in [1.807, 2.05) is 0 Å². The van der Waals surface area contributed by atoms with Gasteiger partial charge in [-0.1, -0.05) is 46.8 Å². The number of hydrogen-bond donors (Lipinski definition) is 12. The fourth-order valence-corrected chi connectivity index (χ4v) is 8.23. The van der Waals surface area contributed by atoms with Gasteiger partial charge in [0.05, 0.1) is 47.9 Å². The number of rotatable bonds is 19. The first kappa shape index (κ1) is 57.1. The maximum Gasteiger partial charge on any atom is 0.303 e. The van der Waals surface area contributed by atoms with Crippen molar-refractivity contribution in [1.29, 1.82) is 0 Å². The SMILES string of the molecule is CC(C)C.CC(C)CC(NC(=O)C(C)NC(=O)CNC(=O)CCNC(=O)CCC(=O)O)C(=O)NC1CC(OC2CC(O)(C(=O)CO)Cc3c(O)c4c(c(O)c32)C(=O)c2c(O)cccc2C4=O)OC(C)C1O. The first-order valence-corrected chi connectivity index (χ1v) is 23.2. The van der Waals surface area contributed by atoms with Gasteiger partial charge in [0, 0.05) is 55.3 Å². The number of phenolic OH excluding ortho intramolecular Hbond substituents is 3. The lowest BCUT2D eigenvalue weighted by molar-refractivity contribution is -0.249. The lowest BCUT2D eigenvalue weighted by Crippen LogP contribution is -2.60. The van der Waals surface area contributed by atoms with Crippen LogP contribution in [0.25, 0.3) is 0 Å². The highest BCUT2D eigenvalue weighted by Gasteiger charge is 2.50. The van der Waals surface area contributed by atoms with Gasteiger partial charge >= 0.3 is 5.97 Å². The number of amides is 5. The van der Waals surface area contributed by atoms with Gasteiger partial charge in [-0.3, -0.25) is 43.2 Å². The molecule has 1 saturated heterocycles. The topological polar surface area (TPSA) is 374 Å². The summed E-state index contributed by atoms with van der Waals surface area (Å²) in [6.07, 6.45) is -7.99. The Bertz CT molecular complexity index is 2390. The molecule has 3 aliphatic rings. The number of ether oxygens (including phenoxy) is 2. The van der Waals surface area contributed by atoms with E-state index in [0.717, 1.165) is 12.0 Å². The van der Waals surface area contributed by atoms with E-state index in [2.05, 4.69) is 47.4 Å². The van der Waals surface area contributed by atoms with Crippen molar-refractivity contribution in [2.24, 2.45) is 11.8 Å². The number of aliphatic carboxylic acids is 1. The third-order valence-electron chi connectivity index (χ3n) is 11.7. The molecule has 2 aliphatic carbocycles. The summed E-state index contributed by atoms with van der Waals surface area (Å²) in [6.45, 7) is 11.0. The number of Topliss-reactive ketones (excluding diaryl/α,β-unsaturated/α-hetero) is 1. The van der Waals surface area contributed by atoms with Crippen molar-refractivity contribution >= 4 is 52.9 Å². The third-order valence-corrected chi connectivity index (χ3v) is 11.7. The minimum Gasteiger partial charge on any atom is -0.507 e. The molecule has 0 bridgehead atoms. The Hall–Kier alpha value is -6.53. The van der Waals surface area contributed by atoms with Gasteiger partial charge in [0.2, 0.25) is 35.3 Å². The van der Waals surface area contributed by atoms with Crippen LogP contribution < -0.4 is 26.6 Å². The lowest BCUT2D eigenvalue weighted by atomic mass is 9.72. The Morgan fingerprint density at radius 3 is 2.08 bits per heavy atom. The van der Waals surface area contributed by atoms with Crippen molar-refractivity contribution in [2.75, 3.05) is 19.7 Å². The van der Waals surface area contributed by atoms with Crippen molar-refractivity contribution in [3.05, 3.63) is 51.6 Å². The Morgan fingerprint density at radius 2 is 1.46 bits per heavy atom. The predicted molar refractivity (Wildman–Crippen MR) is 248 cm³/mol. The minimum atomic E-state index is -2.45. The van der Waals surface area contributed by atoms with Gasteiger partial charge in [-0.25, -0.2) is 0 Å². The zero-order chi connectivity index (χ0) is 53.2. The fraction of sp³-hybridized carbons (Fsp3) is 0.562. The summed E-state index contributed by atoms with van der Waals surface area (Å²) in [5, 5.41) is 87.5. The van der Waals surface area contributed by atoms with Crippen LogP contribution in [-0.4, -0.2) is 151 Å². The van der Waals surface area contributed by atoms with Crippen LogP contribution in [0.1, 0.15) is 136 Å². The van der Waals surface area contributed by atoms with E-state index >= 15 is 0 Å². The smallest absolute Gasteiger partial charge is 0.303 e. The molecule has 0 spiro atoms. The van der Waals surface area contributed by atoms with E-state index in [0.29, 0.717) is 0 Å². The highest BCUT2D eigenvalue weighted by atomic mass is 16.7. The van der Waals surface area contributed by atoms with Crippen molar-refractivity contribution in [2.45, 2.75) is 142 Å². The van der Waals surface area contributed by atoms with E-state index in [-0.39, 0.29) is 61.3 Å². The van der Waals surface area contributed by atoms with Gasteiger partial charge in [-0.05, 0) is 38.2 Å². The molecule has 0 aromatic heterocycles. The molecule has 8 atom stereocenters. The summed E-state index contributed by atoms with van der Waals surface area (Å²) in [5.74, 6) is -9.34. The van der Waals surface area contributed by atoms with Crippen LogP contribution in [-0.2, 0) is 49.5 Å². The monoisotopic (exact) mass is 999 g/mol. The molecule has 1 heterocycles. The molecule has 23 heteroatoms. The second kappa shape index (κ2) is 24.5. The summed E-state index contributed by atoms with van der Waals surface area (Å²) in [5.41, 5.74) is -5.15. The van der Waals surface area contributed by atoms with Crippen LogP contribution in [0.2, 0.25) is 0 Å². The predicted octanol–water partition coefficient (Wildman–Crippen LogP) is 0.0410. The fourth-order valence-electron chi connectivity index (χ4n) is 8.23. The van der Waals surface area contributed by atoms with Gasteiger partial charge in [-0.2, -0.15) is 0 Å². The zero-order valence-corrected chi connectivity index (χ0v) is 40.6. The molecule has 2 aromatic rings. The van der Waals surface area contributed by atoms with E-state index in [4.69, 9.17) is 14.6 Å². The molecule has 12 N–H and O–H groups in total. The second-order valence-corrected chi connectivity index (χ2v) is 18.9. The summed E-state index contributed by atoms with van der Waals surface area (Å²) in [6, 6.07) is 0.0935. The number of carboxylic acids is 1. The normalized spacial score (nSPS) is 22.1. The summed E-state index contributed by atoms with van der Waals surface area (Å²) < 4.78 is 12.1. The Morgan fingerprint density at radius 1 is 0.831 bits per heavy atom. The minimum absolute atomic E-state index is 0.0861. The molecule has 2 aromatic carbocycles. The first-order valence-electron chi connectivity index (χ1n) is 23.2. The number of hydrogen-bond acceptors (Lipinski definition) is 17. The van der Waals surface area contributed by atoms with E-state index in [1.54, 1.807) is 13.8 Å². The van der Waals surface area contributed by atoms with Gasteiger partial charge in [-0.15, -0.1) is 0 Å². The second-order valence-electron chi connectivity index (χ2n) is 18.9. The van der Waals surface area contributed by atoms with Crippen molar-refractivity contribution in [3.63, 3.8) is 0 Å². The number of carbonyl (C=O) groups is 9. The molecule has 8 unspecified atom stereocenters. The average molecular weight is 1000 g/mol. The Kier molecular flexibility index (Phi) is 19.7. The first-order chi connectivity index (χ1) is 33.2. The average Bonchev–Trinajstić information content (AvgIpc) is 3.28. The highest BCUT2D eigenvalue weighted by Crippen LogP contribution is 2.52. The summed E-state index contributed by atoms with van der Waals surface area (Å²) >= 11 is 0. The molecule has 0 saturated carbocycles. The van der Waals surface area contributed by atoms with Gasteiger partial charge in [0.1, 0.15) is 47.6 Å². The van der Waals surface area contributed by atoms with Crippen molar-refractivity contribution in [1.82, 2.24) is 26.6 Å². The van der Waals surface area contributed by atoms with Crippen LogP contribution in [0.3, 0.4) is 0 Å². The molecule has 1 fully saturated rings. The maximum absolute atomic E-state index is 13.9. The number of phenols is 3. The van der Waals surface area contributed by atoms with Crippen LogP contribution in [0.4, 0.5) is 0 Å². The molecule has 71 heavy (non-hydrogen) atoms. The van der Waals surface area contributed by atoms with E-state index in [9.17, 15) is 73.8 Å². The molecule has 23 nitrogen and oxygen atoms in total. The molecular weight excluding hydrogens is 935 g/mol. The molecule has 390 valence electrons. The molecule has 5 rings (SSSR count). The number of ketones is 3. The summed E-state index contributed by atoms with van der Waals surface area (Å²) in [7, 11) is 0. The van der Waals surface area contributed by atoms with Gasteiger partial charge in [0.15, 0.2) is 17.9 Å². The molecule has 1 aliphatic heterocycles. The zero-order valence-electron chi connectivity index (χ0n) is 40.6. The Balaban J connectivity index is 0.00000263. The number of fused-ring (bicyclic) bond motifs is 3. The van der Waals surface area contributed by atoms with Crippen LogP contribution in [0, 0.1) is 11.8 Å². The quantitative estimate of drug-likeness (QED) is 0.0706. The maximum atomic E-state index is 13.9. The lowest BCUT2D eigenvalue weighted by Gasteiger charge is -2.43. The van der Waals surface area contributed by atoms with Gasteiger partial charge < -0.3 is 71.8 Å². The van der Waals surface area contributed by atoms with Crippen LogP contribution in [0.5, 0.6) is 17.2 Å². The van der Waals surface area contributed by atoms with Crippen LogP contribution >= 0.6 is 0 Å². The van der Waals surface area contributed by atoms with Crippen molar-refractivity contribution in [3.8, 4) is 17.2 Å². The molecule has 0 radical (unpaired) electrons. The van der Waals surface area contributed by atoms with E-state index in [1.165, 1.54) is 26.0 Å². The molecule has 5 amide bonds. The number of aliphatic hydroxyl groups is 3. The number of aliphatic hydroxyl groups excluding tert-OH is 2. The number of aromatic hydroxyl groups is 3. The largest absolute Gasteiger partial charge is 0.507 e. The third kappa shape index (κ3) is 14.3. The number of carboxylic acid groups (broad SMARTS) is 1. The van der Waals surface area contributed by atoms with E-state index < -0.39 is 161 Å². The number of carbonyl (C=O) groups excluding carboxylic acids is 8. The highest BCUT2D eigenvalue weighted by molar-refractivity contribution is 6.31. The van der Waals surface area contributed by atoms with Crippen molar-refractivity contribution < 1.29 is 88.4 Å². The number of benzene rings is 2. The Labute approximate surface area is 409 Å². The number of nitrogens with one attached hydrogen (secondary N) is 5. The molecular formula is C48H65N5O18. The van der Waals surface area contributed by atoms with Gasteiger partial charge in [0.25, 0.3) is 0 Å².